The Morgan fingerprint density at radius 1 is 1.10 bits per heavy atom. The standard InChI is InChI=1S/C29H30F3N3O5/c1-16(2)39-27(36)23-18(4)35(22-8-6-7-21(13-22)29(30,31)32)26(34)25(28(37)40-17(3)15-38-5)24(23)20-11-9-19(14-33)10-12-20/h6-13,16-17,24-25,34H,15H2,1-5H3. The third-order valence-electron chi connectivity index (χ3n) is 6.27. The highest BCUT2D eigenvalue weighted by Gasteiger charge is 2.48. The van der Waals surface area contributed by atoms with Crippen molar-refractivity contribution in [2.24, 2.45) is 5.92 Å². The fourth-order valence-corrected chi connectivity index (χ4v) is 4.61. The number of nitrogens with zero attached hydrogens (tertiary/aromatic N) is 2. The third-order valence-corrected chi connectivity index (χ3v) is 6.27. The molecule has 0 aromatic heterocycles. The Labute approximate surface area is 230 Å². The lowest BCUT2D eigenvalue weighted by Crippen LogP contribution is -2.49. The normalized spacial score (nSPS) is 18.4. The van der Waals surface area contributed by atoms with E-state index in [-0.39, 0.29) is 29.4 Å². The van der Waals surface area contributed by atoms with Crippen molar-refractivity contribution < 1.29 is 37.0 Å². The van der Waals surface area contributed by atoms with Gasteiger partial charge in [-0.2, -0.15) is 18.4 Å². The summed E-state index contributed by atoms with van der Waals surface area (Å²) in [5, 5.41) is 18.3. The minimum Gasteiger partial charge on any atom is -0.460 e. The van der Waals surface area contributed by atoms with Crippen molar-refractivity contribution in [1.29, 1.82) is 10.7 Å². The van der Waals surface area contributed by atoms with Crippen LogP contribution in [0.1, 0.15) is 50.3 Å². The molecule has 0 fully saturated rings. The van der Waals surface area contributed by atoms with Gasteiger partial charge in [0.15, 0.2) is 0 Å². The van der Waals surface area contributed by atoms with Crippen LogP contribution in [-0.2, 0) is 30.0 Å². The fourth-order valence-electron chi connectivity index (χ4n) is 4.61. The second kappa shape index (κ2) is 12.3. The predicted molar refractivity (Wildman–Crippen MR) is 140 cm³/mol. The molecule has 0 radical (unpaired) electrons. The molecule has 3 rings (SSSR count). The van der Waals surface area contributed by atoms with Crippen LogP contribution in [0.5, 0.6) is 0 Å². The van der Waals surface area contributed by atoms with Crippen LogP contribution in [-0.4, -0.2) is 43.7 Å². The number of esters is 2. The highest BCUT2D eigenvalue weighted by Crippen LogP contribution is 2.44. The summed E-state index contributed by atoms with van der Waals surface area (Å²) in [6.45, 7) is 6.40. The van der Waals surface area contributed by atoms with Crippen molar-refractivity contribution >= 4 is 23.5 Å². The number of nitrogens with one attached hydrogen (secondary N) is 1. The zero-order chi connectivity index (χ0) is 29.8. The maximum absolute atomic E-state index is 13.6. The van der Waals surface area contributed by atoms with Crippen LogP contribution in [0.15, 0.2) is 59.8 Å². The average molecular weight is 558 g/mol. The highest BCUT2D eigenvalue weighted by atomic mass is 19.4. The summed E-state index contributed by atoms with van der Waals surface area (Å²) in [6, 6.07) is 12.4. The van der Waals surface area contributed by atoms with Crippen molar-refractivity contribution in [2.75, 3.05) is 18.6 Å². The summed E-state index contributed by atoms with van der Waals surface area (Å²) < 4.78 is 56.8. The minimum absolute atomic E-state index is 0.0202. The number of halogens is 3. The minimum atomic E-state index is -4.66. The first-order valence-corrected chi connectivity index (χ1v) is 12.5. The van der Waals surface area contributed by atoms with Crippen molar-refractivity contribution in [1.82, 2.24) is 0 Å². The van der Waals surface area contributed by atoms with Crippen LogP contribution in [0.3, 0.4) is 0 Å². The molecule has 1 aliphatic rings. The Balaban J connectivity index is 2.30. The lowest BCUT2D eigenvalue weighted by Gasteiger charge is -2.41. The number of hydrogen-bond donors (Lipinski definition) is 1. The number of amidine groups is 1. The van der Waals surface area contributed by atoms with Gasteiger partial charge in [0.1, 0.15) is 17.9 Å². The zero-order valence-corrected chi connectivity index (χ0v) is 22.7. The van der Waals surface area contributed by atoms with Crippen molar-refractivity contribution in [3.63, 3.8) is 0 Å². The molecule has 8 nitrogen and oxygen atoms in total. The van der Waals surface area contributed by atoms with Crippen LogP contribution in [0.4, 0.5) is 18.9 Å². The van der Waals surface area contributed by atoms with Crippen LogP contribution in [0.25, 0.3) is 0 Å². The molecule has 212 valence electrons. The van der Waals surface area contributed by atoms with Gasteiger partial charge in [-0.25, -0.2) is 4.79 Å². The summed E-state index contributed by atoms with van der Waals surface area (Å²) in [7, 11) is 1.42. The lowest BCUT2D eigenvalue weighted by molar-refractivity contribution is -0.153. The number of benzene rings is 2. The number of carbonyl (C=O) groups is 2. The maximum atomic E-state index is 13.6. The van der Waals surface area contributed by atoms with E-state index in [4.69, 9.17) is 19.6 Å². The van der Waals surface area contributed by atoms with Gasteiger partial charge < -0.3 is 19.1 Å². The lowest BCUT2D eigenvalue weighted by atomic mass is 9.75. The molecule has 1 aliphatic heterocycles. The summed E-state index contributed by atoms with van der Waals surface area (Å²) >= 11 is 0. The first-order valence-electron chi connectivity index (χ1n) is 12.5. The number of methoxy groups -OCH3 is 1. The number of nitriles is 1. The summed E-state index contributed by atoms with van der Waals surface area (Å²) in [4.78, 5) is 28.3. The largest absolute Gasteiger partial charge is 0.460 e. The molecule has 3 unspecified atom stereocenters. The first kappa shape index (κ1) is 30.4. The molecule has 0 saturated carbocycles. The number of rotatable bonds is 8. The van der Waals surface area contributed by atoms with Gasteiger partial charge in [0, 0.05) is 24.4 Å². The van der Waals surface area contributed by atoms with Gasteiger partial charge in [0.2, 0.25) is 0 Å². The summed E-state index contributed by atoms with van der Waals surface area (Å²) in [5.41, 5.74) is -0.164. The second-order valence-electron chi connectivity index (χ2n) is 9.61. The Hall–Kier alpha value is -4.17. The fraction of sp³-hybridized carbons (Fsp3) is 0.379. The number of alkyl halides is 3. The number of anilines is 1. The van der Waals surface area contributed by atoms with E-state index in [1.807, 2.05) is 6.07 Å². The Morgan fingerprint density at radius 2 is 1.75 bits per heavy atom. The molecule has 0 bridgehead atoms. The Morgan fingerprint density at radius 3 is 2.30 bits per heavy atom. The van der Waals surface area contributed by atoms with Crippen molar-refractivity contribution in [3.05, 3.63) is 76.5 Å². The maximum Gasteiger partial charge on any atom is 0.416 e. The average Bonchev–Trinajstić information content (AvgIpc) is 2.87. The molecular formula is C29H30F3N3O5. The molecule has 2 aromatic rings. The van der Waals surface area contributed by atoms with Crippen molar-refractivity contribution in [2.45, 2.75) is 52.0 Å². The Bertz CT molecular complexity index is 1350. The van der Waals surface area contributed by atoms with E-state index < -0.39 is 47.7 Å². The van der Waals surface area contributed by atoms with E-state index >= 15 is 0 Å². The van der Waals surface area contributed by atoms with Gasteiger partial charge in [0.05, 0.1) is 35.5 Å². The van der Waals surface area contributed by atoms with E-state index in [1.54, 1.807) is 32.9 Å². The molecule has 1 heterocycles. The molecule has 0 spiro atoms. The Kier molecular flexibility index (Phi) is 9.37. The van der Waals surface area contributed by atoms with Gasteiger partial charge in [0.25, 0.3) is 0 Å². The van der Waals surface area contributed by atoms with Gasteiger partial charge in [-0.05, 0) is 63.6 Å². The second-order valence-corrected chi connectivity index (χ2v) is 9.61. The van der Waals surface area contributed by atoms with E-state index in [1.165, 1.54) is 38.3 Å². The summed E-state index contributed by atoms with van der Waals surface area (Å²) in [6.07, 6.45) is -5.93. The third kappa shape index (κ3) is 6.51. The number of hydrogen-bond acceptors (Lipinski definition) is 7. The molecule has 0 amide bonds. The molecule has 1 N–H and O–H groups in total. The van der Waals surface area contributed by atoms with Crippen molar-refractivity contribution in [3.8, 4) is 6.07 Å². The zero-order valence-electron chi connectivity index (χ0n) is 22.7. The molecule has 0 aliphatic carbocycles. The van der Waals surface area contributed by atoms with E-state index in [2.05, 4.69) is 0 Å². The monoisotopic (exact) mass is 557 g/mol. The number of allylic oxidation sites excluding steroid dienone is 1. The SMILES string of the molecule is COCC(C)OC(=O)C1C(=N)N(c2cccc(C(F)(F)F)c2)C(C)=C(C(=O)OC(C)C)C1c1ccc(C#N)cc1. The van der Waals surface area contributed by atoms with Gasteiger partial charge in [-0.15, -0.1) is 0 Å². The summed E-state index contributed by atoms with van der Waals surface area (Å²) in [5.74, 6) is -4.59. The molecular weight excluding hydrogens is 527 g/mol. The predicted octanol–water partition coefficient (Wildman–Crippen LogP) is 5.58. The number of ether oxygens (including phenoxy) is 3. The molecule has 40 heavy (non-hydrogen) atoms. The number of carbonyl (C=O) groups excluding carboxylic acids is 2. The topological polar surface area (TPSA) is 113 Å². The smallest absolute Gasteiger partial charge is 0.416 e. The van der Waals surface area contributed by atoms with Gasteiger partial charge >= 0.3 is 18.1 Å². The molecule has 0 saturated heterocycles. The molecule has 11 heteroatoms. The van der Waals surface area contributed by atoms with Gasteiger partial charge in [-0.1, -0.05) is 18.2 Å². The quantitative estimate of drug-likeness (QED) is 0.422. The van der Waals surface area contributed by atoms with E-state index in [0.29, 0.717) is 11.1 Å². The van der Waals surface area contributed by atoms with Crippen LogP contribution in [0.2, 0.25) is 0 Å². The van der Waals surface area contributed by atoms with E-state index in [9.17, 15) is 28.0 Å². The molecule has 2 aromatic carbocycles. The van der Waals surface area contributed by atoms with E-state index in [0.717, 1.165) is 17.0 Å². The van der Waals surface area contributed by atoms with Gasteiger partial charge in [-0.3, -0.25) is 10.2 Å². The van der Waals surface area contributed by atoms with Crippen LogP contribution < -0.4 is 4.90 Å². The first-order chi connectivity index (χ1) is 18.8. The van der Waals surface area contributed by atoms with Crippen LogP contribution in [0, 0.1) is 22.7 Å². The highest BCUT2D eigenvalue weighted by molar-refractivity contribution is 6.14. The van der Waals surface area contributed by atoms with Crippen LogP contribution >= 0.6 is 0 Å². The molecule has 3 atom stereocenters.